The van der Waals surface area contributed by atoms with Crippen LogP contribution >= 0.6 is 11.8 Å². The van der Waals surface area contributed by atoms with Gasteiger partial charge in [-0.25, -0.2) is 9.97 Å². The first-order valence-corrected chi connectivity index (χ1v) is 9.21. The molecule has 2 aromatic heterocycles. The third kappa shape index (κ3) is 4.14. The van der Waals surface area contributed by atoms with E-state index in [9.17, 15) is 5.11 Å². The van der Waals surface area contributed by atoms with Crippen LogP contribution < -0.4 is 10.6 Å². The Morgan fingerprint density at radius 2 is 2.04 bits per heavy atom. The van der Waals surface area contributed by atoms with Crippen molar-refractivity contribution in [2.75, 3.05) is 36.9 Å². The predicted molar refractivity (Wildman–Crippen MR) is 103 cm³/mol. The lowest BCUT2D eigenvalue weighted by atomic mass is 9.95. The van der Waals surface area contributed by atoms with Crippen molar-refractivity contribution in [2.45, 2.75) is 29.5 Å². The van der Waals surface area contributed by atoms with Gasteiger partial charge in [-0.1, -0.05) is 6.07 Å². The Balaban J connectivity index is 2.08. The minimum atomic E-state index is -1.10. The highest BCUT2D eigenvalue weighted by atomic mass is 32.2. The van der Waals surface area contributed by atoms with E-state index < -0.39 is 5.60 Å². The van der Waals surface area contributed by atoms with Gasteiger partial charge < -0.3 is 25.9 Å². The van der Waals surface area contributed by atoms with Gasteiger partial charge in [-0.2, -0.15) is 0 Å². The molecule has 0 bridgehead atoms. The summed E-state index contributed by atoms with van der Waals surface area (Å²) in [4.78, 5) is 11.2. The number of hydrogen-bond donors (Lipinski definition) is 3. The Morgan fingerprint density at radius 1 is 1.31 bits per heavy atom. The van der Waals surface area contributed by atoms with Gasteiger partial charge in [-0.15, -0.1) is 0 Å². The summed E-state index contributed by atoms with van der Waals surface area (Å²) in [5, 5.41) is 19.8. The molecule has 26 heavy (non-hydrogen) atoms. The number of nitrogens with one attached hydrogen (secondary N) is 1. The Kier molecular flexibility index (Phi) is 5.45. The highest BCUT2D eigenvalue weighted by Gasteiger charge is 2.26. The first-order valence-electron chi connectivity index (χ1n) is 8.40. The van der Waals surface area contributed by atoms with Crippen molar-refractivity contribution in [2.24, 2.45) is 0 Å². The number of pyridine rings is 2. The lowest BCUT2D eigenvalue weighted by Crippen LogP contribution is -2.37. The molecule has 0 atom stereocenters. The van der Waals surface area contributed by atoms with Crippen LogP contribution in [-0.2, 0) is 10.3 Å². The fraction of sp³-hybridized carbons (Fsp3) is 0.389. The van der Waals surface area contributed by atoms with Gasteiger partial charge in [0.25, 0.3) is 0 Å². The number of hydrogen-bond acceptors (Lipinski definition) is 8. The number of aromatic nitrogens is 2. The Morgan fingerprint density at radius 3 is 2.65 bits per heavy atom. The van der Waals surface area contributed by atoms with E-state index in [0.29, 0.717) is 40.2 Å². The average molecular weight is 373 g/mol. The molecule has 0 spiro atoms. The number of anilines is 2. The van der Waals surface area contributed by atoms with Crippen LogP contribution in [0.5, 0.6) is 0 Å². The van der Waals surface area contributed by atoms with Crippen LogP contribution in [0.3, 0.4) is 0 Å². The van der Waals surface area contributed by atoms with Crippen molar-refractivity contribution in [3.05, 3.63) is 35.4 Å². The molecule has 0 saturated carbocycles. The molecule has 0 aliphatic carbocycles. The molecule has 8 heteroatoms. The smallest absolute Gasteiger partial charge is 0.130 e. The predicted octanol–water partition coefficient (Wildman–Crippen LogP) is 2.27. The molecule has 1 fully saturated rings. The third-order valence-corrected chi connectivity index (χ3v) is 5.04. The Hall–Kier alpha value is -2.16. The molecule has 0 radical (unpaired) electrons. The minimum Gasteiger partial charge on any atom is -0.386 e. The van der Waals surface area contributed by atoms with E-state index in [-0.39, 0.29) is 0 Å². The van der Waals surface area contributed by atoms with Crippen LogP contribution in [-0.4, -0.2) is 47.6 Å². The van der Waals surface area contributed by atoms with Crippen LogP contribution in [0.2, 0.25) is 0 Å². The topological polar surface area (TPSA) is 108 Å². The van der Waals surface area contributed by atoms with Gasteiger partial charge in [-0.05, 0) is 49.4 Å². The van der Waals surface area contributed by atoms with Gasteiger partial charge >= 0.3 is 0 Å². The van der Waals surface area contributed by atoms with Gasteiger partial charge in [0.15, 0.2) is 0 Å². The number of morpholine rings is 1. The fourth-order valence-corrected chi connectivity index (χ4v) is 3.70. The summed E-state index contributed by atoms with van der Waals surface area (Å²) in [6.07, 6.45) is 1.23. The van der Waals surface area contributed by atoms with E-state index in [2.05, 4.69) is 9.88 Å². The minimum absolute atomic E-state index is 0.429. The molecule has 1 aliphatic rings. The summed E-state index contributed by atoms with van der Waals surface area (Å²) in [6, 6.07) is 7.27. The first kappa shape index (κ1) is 18.6. The first-order chi connectivity index (χ1) is 12.4. The van der Waals surface area contributed by atoms with Gasteiger partial charge in [0.2, 0.25) is 0 Å². The SMILES string of the molecule is CC(C)(O)c1cc(N2CCOCC2)nc(Sc2cccc(N)n2)c1C=N. The van der Waals surface area contributed by atoms with Crippen LogP contribution in [0, 0.1) is 5.41 Å². The zero-order valence-electron chi connectivity index (χ0n) is 14.9. The average Bonchev–Trinajstić information content (AvgIpc) is 2.61. The number of ether oxygens (including phenoxy) is 1. The second-order valence-electron chi connectivity index (χ2n) is 6.55. The third-order valence-electron chi connectivity index (χ3n) is 4.09. The second kappa shape index (κ2) is 7.61. The lowest BCUT2D eigenvalue weighted by molar-refractivity contribution is 0.0780. The van der Waals surface area contributed by atoms with E-state index in [1.54, 1.807) is 19.9 Å². The second-order valence-corrected chi connectivity index (χ2v) is 7.56. The fourth-order valence-electron chi connectivity index (χ4n) is 2.78. The molecule has 3 heterocycles. The number of nitrogens with zero attached hydrogens (tertiary/aromatic N) is 3. The van der Waals surface area contributed by atoms with Crippen LogP contribution in [0.4, 0.5) is 11.6 Å². The van der Waals surface area contributed by atoms with Crippen molar-refractivity contribution in [3.63, 3.8) is 0 Å². The van der Waals surface area contributed by atoms with E-state index >= 15 is 0 Å². The molecular weight excluding hydrogens is 350 g/mol. The standard InChI is InChI=1S/C18H23N5O2S/c1-18(2,24)13-10-15(23-6-8-25-9-7-23)22-17(12(13)11-19)26-16-5-3-4-14(20)21-16/h3-5,10-11,19,24H,6-9H2,1-2H3,(H2,20,21). The van der Waals surface area contributed by atoms with E-state index in [1.165, 1.54) is 18.0 Å². The summed E-state index contributed by atoms with van der Waals surface area (Å²) in [6.45, 7) is 6.19. The Bertz CT molecular complexity index is 801. The number of aliphatic hydroxyl groups is 1. The zero-order chi connectivity index (χ0) is 18.7. The van der Waals surface area contributed by atoms with Gasteiger partial charge in [0, 0.05) is 24.9 Å². The molecule has 1 aliphatic heterocycles. The van der Waals surface area contributed by atoms with E-state index in [4.69, 9.17) is 20.9 Å². The van der Waals surface area contributed by atoms with Crippen molar-refractivity contribution < 1.29 is 9.84 Å². The maximum atomic E-state index is 10.6. The zero-order valence-corrected chi connectivity index (χ0v) is 15.7. The van der Waals surface area contributed by atoms with Gasteiger partial charge in [-0.3, -0.25) is 0 Å². The summed E-state index contributed by atoms with van der Waals surface area (Å²) in [7, 11) is 0. The Labute approximate surface area is 157 Å². The van der Waals surface area contributed by atoms with Crippen LogP contribution in [0.1, 0.15) is 25.0 Å². The summed E-state index contributed by atoms with van der Waals surface area (Å²) >= 11 is 1.34. The van der Waals surface area contributed by atoms with Crippen molar-refractivity contribution in [3.8, 4) is 0 Å². The van der Waals surface area contributed by atoms with Gasteiger partial charge in [0.05, 0.1) is 18.8 Å². The van der Waals surface area contributed by atoms with E-state index in [0.717, 1.165) is 18.9 Å². The van der Waals surface area contributed by atoms with Crippen LogP contribution in [0.25, 0.3) is 0 Å². The molecule has 0 unspecified atom stereocenters. The molecule has 3 rings (SSSR count). The molecule has 0 amide bonds. The summed E-state index contributed by atoms with van der Waals surface area (Å²) in [5.41, 5.74) is 5.92. The summed E-state index contributed by atoms with van der Waals surface area (Å²) in [5.74, 6) is 1.20. The molecule has 4 N–H and O–H groups in total. The van der Waals surface area contributed by atoms with E-state index in [1.807, 2.05) is 18.2 Å². The monoisotopic (exact) mass is 373 g/mol. The number of nitrogen functional groups attached to an aromatic ring is 1. The normalized spacial score (nSPS) is 15.1. The molecule has 0 aromatic carbocycles. The van der Waals surface area contributed by atoms with Crippen molar-refractivity contribution >= 4 is 29.6 Å². The van der Waals surface area contributed by atoms with Crippen LogP contribution in [0.15, 0.2) is 34.3 Å². The maximum absolute atomic E-state index is 10.6. The summed E-state index contributed by atoms with van der Waals surface area (Å²) < 4.78 is 5.42. The quantitative estimate of drug-likeness (QED) is 0.690. The van der Waals surface area contributed by atoms with Gasteiger partial charge in [0.1, 0.15) is 21.7 Å². The largest absolute Gasteiger partial charge is 0.386 e. The number of nitrogens with two attached hydrogens (primary N) is 1. The molecular formula is C18H23N5O2S. The highest BCUT2D eigenvalue weighted by Crippen LogP contribution is 2.35. The molecule has 138 valence electrons. The highest BCUT2D eigenvalue weighted by molar-refractivity contribution is 7.99. The molecule has 1 saturated heterocycles. The molecule has 2 aromatic rings. The lowest BCUT2D eigenvalue weighted by Gasteiger charge is -2.30. The maximum Gasteiger partial charge on any atom is 0.130 e. The van der Waals surface area contributed by atoms with Crippen molar-refractivity contribution in [1.82, 2.24) is 9.97 Å². The number of rotatable bonds is 5. The molecule has 7 nitrogen and oxygen atoms in total. The van der Waals surface area contributed by atoms with Crippen molar-refractivity contribution in [1.29, 1.82) is 5.41 Å².